The van der Waals surface area contributed by atoms with Crippen LogP contribution in [0.4, 0.5) is 23.7 Å². The second kappa shape index (κ2) is 7.02. The molecule has 0 spiro atoms. The van der Waals surface area contributed by atoms with Gasteiger partial charge in [0.05, 0.1) is 10.6 Å². The molecule has 140 valence electrons. The van der Waals surface area contributed by atoms with Crippen LogP contribution in [0.1, 0.15) is 30.2 Å². The molecule has 1 aromatic heterocycles. The van der Waals surface area contributed by atoms with E-state index < -0.39 is 34.1 Å². The summed E-state index contributed by atoms with van der Waals surface area (Å²) in [4.78, 5) is 21.2. The number of benzene rings is 1. The Labute approximate surface area is 145 Å². The van der Waals surface area contributed by atoms with Gasteiger partial charge in [0.2, 0.25) is 5.88 Å². The highest BCUT2D eigenvalue weighted by Crippen LogP contribution is 2.40. The van der Waals surface area contributed by atoms with Crippen molar-refractivity contribution in [3.63, 3.8) is 0 Å². The van der Waals surface area contributed by atoms with Gasteiger partial charge in [-0.2, -0.15) is 17.9 Å². The van der Waals surface area contributed by atoms with Gasteiger partial charge in [-0.1, -0.05) is 13.3 Å². The third kappa shape index (κ3) is 3.76. The highest BCUT2D eigenvalue weighted by Gasteiger charge is 2.37. The zero-order valence-corrected chi connectivity index (χ0v) is 13.8. The molecule has 8 nitrogen and oxygen atoms in total. The maximum absolute atomic E-state index is 13.3. The number of rotatable bonds is 5. The molecule has 0 aliphatic heterocycles. The number of amides is 1. The van der Waals surface area contributed by atoms with E-state index in [1.54, 1.807) is 0 Å². The second-order valence-electron chi connectivity index (χ2n) is 5.41. The van der Waals surface area contributed by atoms with Crippen molar-refractivity contribution < 1.29 is 27.6 Å². The van der Waals surface area contributed by atoms with Crippen LogP contribution >= 0.6 is 0 Å². The number of non-ortho nitro benzene ring substituents is 1. The molecule has 0 saturated carbocycles. The number of carbonyl (C=O) groups excluding carboxylic acids is 1. The van der Waals surface area contributed by atoms with E-state index in [1.807, 2.05) is 6.92 Å². The SMILES string of the molecule is CCCc1c(Oc2ccc([N+](=O)[O-])cc2C(F)(F)F)nn(C(N)=O)c1C. The lowest BCUT2D eigenvalue weighted by Crippen LogP contribution is -2.22. The molecule has 1 amide bonds. The number of ether oxygens (including phenoxy) is 1. The monoisotopic (exact) mass is 372 g/mol. The number of primary amides is 1. The van der Waals surface area contributed by atoms with Crippen LogP contribution in [-0.4, -0.2) is 20.7 Å². The average molecular weight is 372 g/mol. The molecular formula is C15H15F3N4O4. The number of halogens is 3. The van der Waals surface area contributed by atoms with E-state index in [2.05, 4.69) is 5.10 Å². The van der Waals surface area contributed by atoms with Crippen molar-refractivity contribution in [1.82, 2.24) is 9.78 Å². The van der Waals surface area contributed by atoms with E-state index >= 15 is 0 Å². The molecular weight excluding hydrogens is 357 g/mol. The molecule has 26 heavy (non-hydrogen) atoms. The van der Waals surface area contributed by atoms with E-state index in [4.69, 9.17) is 10.5 Å². The van der Waals surface area contributed by atoms with Crippen LogP contribution in [-0.2, 0) is 12.6 Å². The molecule has 0 aliphatic rings. The van der Waals surface area contributed by atoms with Gasteiger partial charge < -0.3 is 10.5 Å². The first-order chi connectivity index (χ1) is 12.1. The lowest BCUT2D eigenvalue weighted by molar-refractivity contribution is -0.385. The summed E-state index contributed by atoms with van der Waals surface area (Å²) in [5, 5.41) is 14.6. The van der Waals surface area contributed by atoms with Crippen molar-refractivity contribution in [2.24, 2.45) is 5.73 Å². The molecule has 2 N–H and O–H groups in total. The standard InChI is InChI=1S/C15H15F3N4O4/c1-3-4-10-8(2)21(14(19)23)20-13(10)26-12-6-5-9(22(24)25)7-11(12)15(16,17)18/h5-7H,3-4H2,1-2H3,(H2,19,23). The third-order valence-corrected chi connectivity index (χ3v) is 3.60. The zero-order valence-electron chi connectivity index (χ0n) is 13.8. The predicted octanol–water partition coefficient (Wildman–Crippen LogP) is 3.79. The second-order valence-corrected chi connectivity index (χ2v) is 5.41. The minimum atomic E-state index is -4.88. The first-order valence-corrected chi connectivity index (χ1v) is 7.48. The molecule has 2 aromatic rings. The summed E-state index contributed by atoms with van der Waals surface area (Å²) < 4.78 is 45.9. The van der Waals surface area contributed by atoms with E-state index in [0.29, 0.717) is 30.2 Å². The van der Waals surface area contributed by atoms with Crippen LogP contribution in [0.5, 0.6) is 11.6 Å². The van der Waals surface area contributed by atoms with Crippen LogP contribution in [0, 0.1) is 17.0 Å². The quantitative estimate of drug-likeness (QED) is 0.634. The summed E-state index contributed by atoms with van der Waals surface area (Å²) in [7, 11) is 0. The third-order valence-electron chi connectivity index (χ3n) is 3.60. The molecule has 0 unspecified atom stereocenters. The number of aromatic nitrogens is 2. The Bertz CT molecular complexity index is 861. The largest absolute Gasteiger partial charge is 0.437 e. The Hall–Kier alpha value is -3.11. The van der Waals surface area contributed by atoms with E-state index in [-0.39, 0.29) is 5.88 Å². The number of carbonyl (C=O) groups is 1. The van der Waals surface area contributed by atoms with Crippen molar-refractivity contribution >= 4 is 11.7 Å². The van der Waals surface area contributed by atoms with Crippen molar-refractivity contribution in [2.45, 2.75) is 32.9 Å². The number of nitro groups is 1. The summed E-state index contributed by atoms with van der Waals surface area (Å²) >= 11 is 0. The fourth-order valence-corrected chi connectivity index (χ4v) is 2.39. The van der Waals surface area contributed by atoms with Gasteiger partial charge in [-0.3, -0.25) is 10.1 Å². The predicted molar refractivity (Wildman–Crippen MR) is 84.1 cm³/mol. The molecule has 0 aliphatic carbocycles. The summed E-state index contributed by atoms with van der Waals surface area (Å²) in [5.74, 6) is -0.864. The first-order valence-electron chi connectivity index (χ1n) is 7.48. The molecule has 11 heteroatoms. The number of nitro benzene ring substituents is 1. The van der Waals surface area contributed by atoms with Gasteiger partial charge in [0.1, 0.15) is 11.3 Å². The van der Waals surface area contributed by atoms with E-state index in [9.17, 15) is 28.1 Å². The van der Waals surface area contributed by atoms with Gasteiger partial charge in [-0.25, -0.2) is 4.79 Å². The number of hydrogen-bond donors (Lipinski definition) is 1. The molecule has 0 radical (unpaired) electrons. The molecule has 0 atom stereocenters. The summed E-state index contributed by atoms with van der Waals surface area (Å²) in [6.45, 7) is 3.37. The Morgan fingerprint density at radius 3 is 2.58 bits per heavy atom. The Balaban J connectivity index is 2.56. The Morgan fingerprint density at radius 1 is 1.42 bits per heavy atom. The van der Waals surface area contributed by atoms with Gasteiger partial charge in [-0.05, 0) is 19.4 Å². The highest BCUT2D eigenvalue weighted by atomic mass is 19.4. The maximum atomic E-state index is 13.3. The van der Waals surface area contributed by atoms with Gasteiger partial charge in [-0.15, -0.1) is 5.10 Å². The minimum Gasteiger partial charge on any atom is -0.437 e. The van der Waals surface area contributed by atoms with Crippen molar-refractivity contribution in [3.05, 3.63) is 45.1 Å². The average Bonchev–Trinajstić information content (AvgIpc) is 2.84. The van der Waals surface area contributed by atoms with Crippen molar-refractivity contribution in [1.29, 1.82) is 0 Å². The molecule has 0 saturated heterocycles. The van der Waals surface area contributed by atoms with Gasteiger partial charge in [0.25, 0.3) is 5.69 Å². The lowest BCUT2D eigenvalue weighted by Gasteiger charge is -2.13. The first kappa shape index (κ1) is 19.2. The number of hydrogen-bond acceptors (Lipinski definition) is 5. The zero-order chi connectivity index (χ0) is 19.6. The molecule has 1 heterocycles. The number of nitrogens with zero attached hydrogens (tertiary/aromatic N) is 3. The fraction of sp³-hybridized carbons (Fsp3) is 0.333. The summed E-state index contributed by atoms with van der Waals surface area (Å²) in [6.07, 6.45) is -3.87. The molecule has 2 rings (SSSR count). The Kier molecular flexibility index (Phi) is 5.19. The minimum absolute atomic E-state index is 0.206. The van der Waals surface area contributed by atoms with Crippen LogP contribution < -0.4 is 10.5 Å². The molecule has 0 fully saturated rings. The van der Waals surface area contributed by atoms with Crippen LogP contribution in [0.25, 0.3) is 0 Å². The normalized spacial score (nSPS) is 11.4. The fourth-order valence-electron chi connectivity index (χ4n) is 2.39. The Morgan fingerprint density at radius 2 is 2.08 bits per heavy atom. The van der Waals surface area contributed by atoms with Crippen molar-refractivity contribution in [3.8, 4) is 11.6 Å². The van der Waals surface area contributed by atoms with Gasteiger partial charge in [0.15, 0.2) is 0 Å². The van der Waals surface area contributed by atoms with Crippen LogP contribution in [0.3, 0.4) is 0 Å². The number of nitrogens with two attached hydrogens (primary N) is 1. The topological polar surface area (TPSA) is 113 Å². The van der Waals surface area contributed by atoms with Crippen molar-refractivity contribution in [2.75, 3.05) is 0 Å². The van der Waals surface area contributed by atoms with E-state index in [1.165, 1.54) is 6.92 Å². The smallest absolute Gasteiger partial charge is 0.420 e. The van der Waals surface area contributed by atoms with Crippen LogP contribution in [0.15, 0.2) is 18.2 Å². The summed E-state index contributed by atoms with van der Waals surface area (Å²) in [6, 6.07) is 1.21. The van der Waals surface area contributed by atoms with E-state index in [0.717, 1.165) is 16.8 Å². The molecule has 0 bridgehead atoms. The lowest BCUT2D eigenvalue weighted by atomic mass is 10.1. The molecule has 1 aromatic carbocycles. The van der Waals surface area contributed by atoms with Gasteiger partial charge >= 0.3 is 12.2 Å². The van der Waals surface area contributed by atoms with Gasteiger partial charge in [0, 0.05) is 17.7 Å². The highest BCUT2D eigenvalue weighted by molar-refractivity contribution is 5.75. The maximum Gasteiger partial charge on any atom is 0.420 e. The number of alkyl halides is 3. The summed E-state index contributed by atoms with van der Waals surface area (Å²) in [5.41, 5.74) is 3.93. The van der Waals surface area contributed by atoms with Crippen LogP contribution in [0.2, 0.25) is 0 Å².